The van der Waals surface area contributed by atoms with Gasteiger partial charge in [-0.2, -0.15) is 9.78 Å². The Hall–Kier alpha value is -2.06. The molecule has 0 aliphatic rings. The van der Waals surface area contributed by atoms with Gasteiger partial charge < -0.3 is 5.11 Å². The van der Waals surface area contributed by atoms with Crippen molar-refractivity contribution in [3.63, 3.8) is 0 Å². The first-order valence-electron chi connectivity index (χ1n) is 5.63. The van der Waals surface area contributed by atoms with Crippen LogP contribution in [0.15, 0.2) is 24.3 Å². The summed E-state index contributed by atoms with van der Waals surface area (Å²) in [6, 6.07) is 7.22. The highest BCUT2D eigenvalue weighted by atomic mass is 28.3. The molecule has 1 N–H and O–H groups in total. The summed E-state index contributed by atoms with van der Waals surface area (Å²) in [5.74, 6) is 3.02. The first kappa shape index (κ1) is 12.4. The summed E-state index contributed by atoms with van der Waals surface area (Å²) < 4.78 is 0.976. The van der Waals surface area contributed by atoms with Crippen LogP contribution in [-0.4, -0.2) is 29.1 Å². The molecule has 2 rings (SSSR count). The summed E-state index contributed by atoms with van der Waals surface area (Å²) in [7, 11) is -1.50. The maximum absolute atomic E-state index is 11.1. The number of para-hydroxylation sites is 1. The largest absolute Gasteiger partial charge is 0.463 e. The molecule has 2 aromatic rings. The molecule has 1 heterocycles. The zero-order valence-corrected chi connectivity index (χ0v) is 11.6. The smallest absolute Gasteiger partial charge is 0.432 e. The highest BCUT2D eigenvalue weighted by molar-refractivity contribution is 6.83. The molecule has 0 saturated carbocycles. The van der Waals surface area contributed by atoms with Crippen LogP contribution in [0.3, 0.4) is 0 Å². The topological polar surface area (TPSA) is 55.1 Å². The average Bonchev–Trinajstić information content (AvgIpc) is 2.64. The van der Waals surface area contributed by atoms with Gasteiger partial charge in [-0.15, -0.1) is 5.54 Å². The lowest BCUT2D eigenvalue weighted by atomic mass is 10.2. The van der Waals surface area contributed by atoms with Crippen LogP contribution in [0.5, 0.6) is 0 Å². The molecule has 1 aromatic carbocycles. The molecule has 0 aliphatic heterocycles. The molecule has 0 unspecified atom stereocenters. The highest BCUT2D eigenvalue weighted by Gasteiger charge is 2.13. The van der Waals surface area contributed by atoms with E-state index in [1.165, 1.54) is 0 Å². The Balaban J connectivity index is 2.65. The van der Waals surface area contributed by atoms with E-state index in [2.05, 4.69) is 36.2 Å². The summed E-state index contributed by atoms with van der Waals surface area (Å²) >= 11 is 0. The molecule has 0 radical (unpaired) electrons. The number of fused-ring (bicyclic) bond motifs is 1. The van der Waals surface area contributed by atoms with E-state index in [0.717, 1.165) is 10.1 Å². The minimum Gasteiger partial charge on any atom is -0.463 e. The first-order valence-corrected chi connectivity index (χ1v) is 9.13. The van der Waals surface area contributed by atoms with Gasteiger partial charge in [-0.3, -0.25) is 0 Å². The fourth-order valence-electron chi connectivity index (χ4n) is 1.55. The third-order valence-electron chi connectivity index (χ3n) is 2.32. The number of carboxylic acid groups (broad SMARTS) is 1. The molecule has 0 fully saturated rings. The van der Waals surface area contributed by atoms with Gasteiger partial charge in [0.1, 0.15) is 13.8 Å². The SMILES string of the molecule is C[Si](C)(C)C#Cc1nn(C(=O)O)c2ccccc12. The van der Waals surface area contributed by atoms with Crippen molar-refractivity contribution < 1.29 is 9.90 Å². The molecule has 92 valence electrons. The molecule has 4 nitrogen and oxygen atoms in total. The summed E-state index contributed by atoms with van der Waals surface area (Å²) in [5.41, 5.74) is 4.31. The van der Waals surface area contributed by atoms with E-state index in [9.17, 15) is 4.79 Å². The van der Waals surface area contributed by atoms with Gasteiger partial charge in [-0.05, 0) is 12.1 Å². The van der Waals surface area contributed by atoms with Crippen molar-refractivity contribution >= 4 is 25.1 Å². The number of hydrogen-bond acceptors (Lipinski definition) is 2. The maximum atomic E-state index is 11.1. The van der Waals surface area contributed by atoms with Gasteiger partial charge in [-0.1, -0.05) is 37.7 Å². The molecule has 1 aromatic heterocycles. The molecule has 18 heavy (non-hydrogen) atoms. The number of aromatic nitrogens is 2. The van der Waals surface area contributed by atoms with Crippen molar-refractivity contribution in [1.29, 1.82) is 0 Å². The van der Waals surface area contributed by atoms with Gasteiger partial charge in [-0.25, -0.2) is 4.79 Å². The number of carbonyl (C=O) groups is 1. The van der Waals surface area contributed by atoms with Crippen molar-refractivity contribution in [2.45, 2.75) is 19.6 Å². The second-order valence-electron chi connectivity index (χ2n) is 5.06. The summed E-state index contributed by atoms with van der Waals surface area (Å²) in [6.07, 6.45) is -1.09. The fourth-order valence-corrected chi connectivity index (χ4v) is 2.04. The second kappa shape index (κ2) is 4.31. The Kier molecular flexibility index (Phi) is 2.97. The van der Waals surface area contributed by atoms with Crippen LogP contribution >= 0.6 is 0 Å². The third-order valence-corrected chi connectivity index (χ3v) is 3.20. The van der Waals surface area contributed by atoms with Crippen LogP contribution in [0.25, 0.3) is 10.9 Å². The lowest BCUT2D eigenvalue weighted by molar-refractivity contribution is 0.194. The van der Waals surface area contributed by atoms with Crippen LogP contribution in [0.1, 0.15) is 5.69 Å². The lowest BCUT2D eigenvalue weighted by Gasteiger charge is -2.02. The van der Waals surface area contributed by atoms with Crippen LogP contribution in [-0.2, 0) is 0 Å². The Morgan fingerprint density at radius 1 is 1.33 bits per heavy atom. The second-order valence-corrected chi connectivity index (χ2v) is 9.81. The summed E-state index contributed by atoms with van der Waals surface area (Å²) in [5, 5.41) is 13.9. The van der Waals surface area contributed by atoms with Crippen LogP contribution < -0.4 is 0 Å². The summed E-state index contributed by atoms with van der Waals surface area (Å²) in [6.45, 7) is 6.41. The van der Waals surface area contributed by atoms with Gasteiger partial charge in [0.2, 0.25) is 0 Å². The monoisotopic (exact) mass is 258 g/mol. The minimum atomic E-state index is -1.50. The maximum Gasteiger partial charge on any atom is 0.432 e. The Morgan fingerprint density at radius 3 is 2.61 bits per heavy atom. The highest BCUT2D eigenvalue weighted by Crippen LogP contribution is 2.17. The van der Waals surface area contributed by atoms with Crippen molar-refractivity contribution in [2.24, 2.45) is 0 Å². The molecular formula is C13H14N2O2Si. The molecule has 0 saturated heterocycles. The standard InChI is InChI=1S/C13H14N2O2Si/c1-18(2,3)9-8-11-10-6-4-5-7-12(10)15(14-11)13(16)17/h4-7H,1-3H3,(H,16,17). The third kappa shape index (κ3) is 2.44. The minimum absolute atomic E-state index is 0.537. The molecule has 0 spiro atoms. The normalized spacial score (nSPS) is 11.1. The van der Waals surface area contributed by atoms with E-state index in [0.29, 0.717) is 11.2 Å². The zero-order valence-electron chi connectivity index (χ0n) is 10.6. The van der Waals surface area contributed by atoms with Crippen LogP contribution in [0.2, 0.25) is 19.6 Å². The zero-order chi connectivity index (χ0) is 13.3. The number of rotatable bonds is 0. The molecule has 0 aliphatic carbocycles. The predicted octanol–water partition coefficient (Wildman–Crippen LogP) is 2.79. The first-order chi connectivity index (χ1) is 8.38. The van der Waals surface area contributed by atoms with Crippen LogP contribution in [0.4, 0.5) is 4.79 Å². The predicted molar refractivity (Wildman–Crippen MR) is 73.4 cm³/mol. The summed E-state index contributed by atoms with van der Waals surface area (Å²) in [4.78, 5) is 11.1. The molecule has 0 atom stereocenters. The van der Waals surface area contributed by atoms with Crippen molar-refractivity contribution in [2.75, 3.05) is 0 Å². The molecule has 0 bridgehead atoms. The quantitative estimate of drug-likeness (QED) is 0.584. The van der Waals surface area contributed by atoms with E-state index in [1.807, 2.05) is 12.1 Å². The number of benzene rings is 1. The number of hydrogen-bond donors (Lipinski definition) is 1. The van der Waals surface area contributed by atoms with E-state index < -0.39 is 14.2 Å². The molecule has 5 heteroatoms. The Labute approximate surface area is 106 Å². The van der Waals surface area contributed by atoms with Gasteiger partial charge in [0.05, 0.1) is 5.52 Å². The van der Waals surface area contributed by atoms with E-state index >= 15 is 0 Å². The van der Waals surface area contributed by atoms with Gasteiger partial charge in [0.25, 0.3) is 0 Å². The van der Waals surface area contributed by atoms with E-state index in [1.54, 1.807) is 12.1 Å². The lowest BCUT2D eigenvalue weighted by Crippen LogP contribution is -2.16. The van der Waals surface area contributed by atoms with Crippen LogP contribution in [0, 0.1) is 11.5 Å². The van der Waals surface area contributed by atoms with Crippen molar-refractivity contribution in [3.8, 4) is 11.5 Å². The van der Waals surface area contributed by atoms with Gasteiger partial charge >= 0.3 is 6.09 Å². The Bertz CT molecular complexity index is 672. The number of nitrogens with zero attached hydrogens (tertiary/aromatic N) is 2. The van der Waals surface area contributed by atoms with Gasteiger partial charge in [0.15, 0.2) is 0 Å². The Morgan fingerprint density at radius 2 is 2.00 bits per heavy atom. The van der Waals surface area contributed by atoms with Crippen molar-refractivity contribution in [1.82, 2.24) is 9.78 Å². The average molecular weight is 258 g/mol. The molecular weight excluding hydrogens is 244 g/mol. The molecule has 0 amide bonds. The van der Waals surface area contributed by atoms with Crippen molar-refractivity contribution in [3.05, 3.63) is 30.0 Å². The van der Waals surface area contributed by atoms with E-state index in [-0.39, 0.29) is 0 Å². The fraction of sp³-hybridized carbons (Fsp3) is 0.231. The van der Waals surface area contributed by atoms with E-state index in [4.69, 9.17) is 5.11 Å². The van der Waals surface area contributed by atoms with Gasteiger partial charge in [0, 0.05) is 5.39 Å².